The van der Waals surface area contributed by atoms with Crippen molar-refractivity contribution in [1.82, 2.24) is 4.72 Å². The van der Waals surface area contributed by atoms with E-state index in [0.717, 1.165) is 5.56 Å². The molecule has 2 aromatic rings. The first kappa shape index (κ1) is 14.0. The molecule has 0 radical (unpaired) electrons. The van der Waals surface area contributed by atoms with Gasteiger partial charge in [-0.1, -0.05) is 18.2 Å². The Morgan fingerprint density at radius 2 is 2.05 bits per heavy atom. The van der Waals surface area contributed by atoms with Crippen LogP contribution in [-0.4, -0.2) is 15.5 Å². The highest BCUT2D eigenvalue weighted by molar-refractivity contribution is 7.91. The van der Waals surface area contributed by atoms with Gasteiger partial charge in [0.1, 0.15) is 9.96 Å². The number of ether oxygens (including phenoxy) is 1. The van der Waals surface area contributed by atoms with E-state index in [1.165, 1.54) is 11.3 Å². The lowest BCUT2D eigenvalue weighted by atomic mass is 10.1. The molecule has 4 nitrogen and oxygen atoms in total. The van der Waals surface area contributed by atoms with Crippen LogP contribution in [0.5, 0.6) is 5.75 Å². The number of thiophene rings is 1. The molecule has 0 amide bonds. The van der Waals surface area contributed by atoms with Crippen LogP contribution >= 0.6 is 11.3 Å². The van der Waals surface area contributed by atoms with Crippen molar-refractivity contribution in [3.8, 4) is 5.75 Å². The van der Waals surface area contributed by atoms with Gasteiger partial charge in [0, 0.05) is 6.04 Å². The number of hydrogen-bond donors (Lipinski definition) is 1. The molecule has 1 N–H and O–H groups in total. The zero-order valence-corrected chi connectivity index (χ0v) is 12.3. The second kappa shape index (κ2) is 5.73. The fourth-order valence-corrected chi connectivity index (χ4v) is 3.93. The van der Waals surface area contributed by atoms with Gasteiger partial charge >= 0.3 is 0 Å². The van der Waals surface area contributed by atoms with Crippen molar-refractivity contribution >= 4 is 21.4 Å². The fraction of sp³-hybridized carbons (Fsp3) is 0.231. The number of sulfonamides is 1. The molecule has 2 rings (SSSR count). The number of nitrogens with one attached hydrogen (secondary N) is 1. The number of hydrogen-bond acceptors (Lipinski definition) is 4. The van der Waals surface area contributed by atoms with E-state index in [1.807, 2.05) is 24.3 Å². The molecule has 1 aromatic carbocycles. The largest absolute Gasteiger partial charge is 0.497 e. The van der Waals surface area contributed by atoms with Crippen LogP contribution in [0.15, 0.2) is 46.0 Å². The molecule has 0 saturated heterocycles. The topological polar surface area (TPSA) is 55.4 Å². The average molecular weight is 297 g/mol. The van der Waals surface area contributed by atoms with E-state index in [4.69, 9.17) is 4.74 Å². The van der Waals surface area contributed by atoms with Crippen molar-refractivity contribution in [2.24, 2.45) is 0 Å². The van der Waals surface area contributed by atoms with Crippen LogP contribution in [-0.2, 0) is 10.0 Å². The molecule has 0 bridgehead atoms. The highest BCUT2D eigenvalue weighted by atomic mass is 32.2. The highest BCUT2D eigenvalue weighted by Crippen LogP contribution is 2.22. The van der Waals surface area contributed by atoms with E-state index in [9.17, 15) is 8.42 Å². The minimum absolute atomic E-state index is 0.317. The van der Waals surface area contributed by atoms with Crippen LogP contribution in [0.25, 0.3) is 0 Å². The van der Waals surface area contributed by atoms with Gasteiger partial charge in [0.2, 0.25) is 0 Å². The number of methoxy groups -OCH3 is 1. The molecule has 1 heterocycles. The van der Waals surface area contributed by atoms with E-state index < -0.39 is 10.0 Å². The Labute approximate surface area is 117 Å². The van der Waals surface area contributed by atoms with Crippen molar-refractivity contribution in [2.75, 3.05) is 7.11 Å². The van der Waals surface area contributed by atoms with E-state index in [-0.39, 0.29) is 6.04 Å². The zero-order valence-electron chi connectivity index (χ0n) is 10.7. The molecule has 0 spiro atoms. The van der Waals surface area contributed by atoms with Gasteiger partial charge in [0.05, 0.1) is 7.11 Å². The Kier molecular flexibility index (Phi) is 4.24. The van der Waals surface area contributed by atoms with Crippen LogP contribution in [0, 0.1) is 0 Å². The minimum Gasteiger partial charge on any atom is -0.497 e. The lowest BCUT2D eigenvalue weighted by molar-refractivity contribution is 0.413. The first-order valence-electron chi connectivity index (χ1n) is 5.73. The monoisotopic (exact) mass is 297 g/mol. The van der Waals surface area contributed by atoms with Gasteiger partial charge in [-0.15, -0.1) is 11.3 Å². The van der Waals surface area contributed by atoms with E-state index in [0.29, 0.717) is 9.96 Å². The molecule has 0 fully saturated rings. The van der Waals surface area contributed by atoms with Crippen molar-refractivity contribution in [3.05, 3.63) is 47.3 Å². The Morgan fingerprint density at radius 1 is 1.26 bits per heavy atom. The predicted molar refractivity (Wildman–Crippen MR) is 76.0 cm³/mol. The van der Waals surface area contributed by atoms with E-state index in [2.05, 4.69) is 4.72 Å². The molecule has 1 unspecified atom stereocenters. The van der Waals surface area contributed by atoms with E-state index in [1.54, 1.807) is 31.5 Å². The summed E-state index contributed by atoms with van der Waals surface area (Å²) < 4.78 is 32.3. The van der Waals surface area contributed by atoms with Crippen LogP contribution < -0.4 is 9.46 Å². The summed E-state index contributed by atoms with van der Waals surface area (Å²) in [4.78, 5) is 0. The van der Waals surface area contributed by atoms with Gasteiger partial charge in [0.15, 0.2) is 0 Å². The van der Waals surface area contributed by atoms with Gasteiger partial charge in [-0.25, -0.2) is 13.1 Å². The molecule has 0 aliphatic rings. The van der Waals surface area contributed by atoms with Gasteiger partial charge in [-0.2, -0.15) is 0 Å². The first-order valence-corrected chi connectivity index (χ1v) is 8.09. The van der Waals surface area contributed by atoms with Crippen molar-refractivity contribution < 1.29 is 13.2 Å². The van der Waals surface area contributed by atoms with Crippen molar-refractivity contribution in [2.45, 2.75) is 17.2 Å². The summed E-state index contributed by atoms with van der Waals surface area (Å²) in [5.41, 5.74) is 0.861. The maximum Gasteiger partial charge on any atom is 0.250 e. The molecule has 0 aliphatic carbocycles. The Balaban J connectivity index is 2.19. The Hall–Kier alpha value is -1.37. The third-order valence-electron chi connectivity index (χ3n) is 2.69. The van der Waals surface area contributed by atoms with Crippen molar-refractivity contribution in [3.63, 3.8) is 0 Å². The van der Waals surface area contributed by atoms with Crippen LogP contribution in [0.3, 0.4) is 0 Å². The van der Waals surface area contributed by atoms with Crippen LogP contribution in [0.2, 0.25) is 0 Å². The summed E-state index contributed by atoms with van der Waals surface area (Å²) in [6.07, 6.45) is 0. The maximum absolute atomic E-state index is 12.1. The molecule has 1 aromatic heterocycles. The summed E-state index contributed by atoms with van der Waals surface area (Å²) in [5.74, 6) is 0.708. The molecule has 19 heavy (non-hydrogen) atoms. The lowest BCUT2D eigenvalue weighted by Crippen LogP contribution is -2.26. The molecular formula is C13H15NO3S2. The molecular weight excluding hydrogens is 282 g/mol. The lowest BCUT2D eigenvalue weighted by Gasteiger charge is -2.14. The van der Waals surface area contributed by atoms with Crippen LogP contribution in [0.4, 0.5) is 0 Å². The Bertz CT molecular complexity index is 636. The average Bonchev–Trinajstić information content (AvgIpc) is 2.93. The molecule has 6 heteroatoms. The van der Waals surface area contributed by atoms with E-state index >= 15 is 0 Å². The van der Waals surface area contributed by atoms with Gasteiger partial charge < -0.3 is 4.74 Å². The smallest absolute Gasteiger partial charge is 0.250 e. The number of rotatable bonds is 5. The normalized spacial score (nSPS) is 13.2. The summed E-state index contributed by atoms with van der Waals surface area (Å²) in [6.45, 7) is 1.81. The van der Waals surface area contributed by atoms with Crippen molar-refractivity contribution in [1.29, 1.82) is 0 Å². The summed E-state index contributed by atoms with van der Waals surface area (Å²) in [6, 6.07) is 10.3. The second-order valence-electron chi connectivity index (χ2n) is 4.05. The molecule has 0 aliphatic heterocycles. The zero-order chi connectivity index (χ0) is 13.9. The summed E-state index contributed by atoms with van der Waals surface area (Å²) in [5, 5.41) is 1.74. The summed E-state index contributed by atoms with van der Waals surface area (Å²) in [7, 11) is -1.87. The Morgan fingerprint density at radius 3 is 2.68 bits per heavy atom. The second-order valence-corrected chi connectivity index (χ2v) is 6.94. The minimum atomic E-state index is -3.46. The standard InChI is InChI=1S/C13H15NO3S2/c1-10(11-5-3-6-12(9-11)17-2)14-19(15,16)13-7-4-8-18-13/h3-10,14H,1-2H3. The highest BCUT2D eigenvalue weighted by Gasteiger charge is 2.19. The van der Waals surface area contributed by atoms with Crippen LogP contribution in [0.1, 0.15) is 18.5 Å². The maximum atomic E-state index is 12.1. The van der Waals surface area contributed by atoms with Gasteiger partial charge in [0.25, 0.3) is 10.0 Å². The third-order valence-corrected chi connectivity index (χ3v) is 5.62. The number of benzene rings is 1. The fourth-order valence-electron chi connectivity index (χ4n) is 1.69. The quantitative estimate of drug-likeness (QED) is 0.923. The molecule has 0 saturated carbocycles. The third kappa shape index (κ3) is 3.34. The molecule has 102 valence electrons. The molecule has 1 atom stereocenters. The first-order chi connectivity index (χ1) is 9.03. The predicted octanol–water partition coefficient (Wildman–Crippen LogP) is 2.80. The van der Waals surface area contributed by atoms with Gasteiger partial charge in [-0.3, -0.25) is 0 Å². The van der Waals surface area contributed by atoms with Gasteiger partial charge in [-0.05, 0) is 36.1 Å². The summed E-state index contributed by atoms with van der Waals surface area (Å²) >= 11 is 1.20. The SMILES string of the molecule is COc1cccc(C(C)NS(=O)(=O)c2cccs2)c1.